The zero-order chi connectivity index (χ0) is 22.0. The van der Waals surface area contributed by atoms with Gasteiger partial charge < -0.3 is 0 Å². The maximum Gasteiger partial charge on any atom is 0.284 e. The maximum atomic E-state index is 13.0. The van der Waals surface area contributed by atoms with Crippen molar-refractivity contribution in [2.24, 2.45) is 5.92 Å². The molecule has 0 saturated carbocycles. The Hall–Kier alpha value is -2.35. The van der Waals surface area contributed by atoms with Gasteiger partial charge in [0.25, 0.3) is 5.69 Å². The third kappa shape index (κ3) is 4.79. The molecule has 3 aromatic rings. The zero-order valence-electron chi connectivity index (χ0n) is 16.6. The molecule has 0 radical (unpaired) electrons. The Bertz CT molecular complexity index is 1170. The number of thiophene rings is 1. The quantitative estimate of drug-likeness (QED) is 0.373. The highest BCUT2D eigenvalue weighted by Gasteiger charge is 2.30. The summed E-state index contributed by atoms with van der Waals surface area (Å²) >= 11 is 2.59. The molecule has 13 heteroatoms. The van der Waals surface area contributed by atoms with Crippen LogP contribution in [0.2, 0.25) is 0 Å². The van der Waals surface area contributed by atoms with Gasteiger partial charge in [0.05, 0.1) is 21.3 Å². The summed E-state index contributed by atoms with van der Waals surface area (Å²) in [7, 11) is -3.79. The van der Waals surface area contributed by atoms with Crippen LogP contribution in [0, 0.1) is 16.0 Å². The maximum absolute atomic E-state index is 13.0. The van der Waals surface area contributed by atoms with Gasteiger partial charge in [0, 0.05) is 24.0 Å². The number of piperidine rings is 1. The summed E-state index contributed by atoms with van der Waals surface area (Å²) in [5.41, 5.74) is -0.290. The molecule has 0 aliphatic carbocycles. The monoisotopic (exact) mass is 480 g/mol. The first-order valence-electron chi connectivity index (χ1n) is 9.59. The normalized spacial score (nSPS) is 15.9. The number of nitro benzene ring substituents is 1. The van der Waals surface area contributed by atoms with E-state index in [9.17, 15) is 18.5 Å². The molecule has 31 heavy (non-hydrogen) atoms. The molecular formula is C18H20N6O4S3. The largest absolute Gasteiger partial charge is 0.284 e. The molecule has 0 amide bonds. The van der Waals surface area contributed by atoms with E-state index in [-0.39, 0.29) is 15.5 Å². The molecule has 1 aliphatic heterocycles. The first kappa shape index (κ1) is 21.9. The van der Waals surface area contributed by atoms with Gasteiger partial charge >= 0.3 is 0 Å². The van der Waals surface area contributed by atoms with Crippen LogP contribution in [-0.2, 0) is 16.6 Å². The summed E-state index contributed by atoms with van der Waals surface area (Å²) in [6, 6.07) is 7.86. The molecule has 0 atom stereocenters. The van der Waals surface area contributed by atoms with Crippen molar-refractivity contribution in [3.63, 3.8) is 0 Å². The molecule has 2 aromatic heterocycles. The molecule has 1 saturated heterocycles. The Kier molecular flexibility index (Phi) is 6.36. The first-order chi connectivity index (χ1) is 14.8. The number of aromatic nitrogens is 4. The minimum atomic E-state index is -3.79. The Balaban J connectivity index is 1.60. The highest BCUT2D eigenvalue weighted by Crippen LogP contribution is 2.36. The van der Waals surface area contributed by atoms with Crippen molar-refractivity contribution in [2.75, 3.05) is 13.1 Å². The van der Waals surface area contributed by atoms with Crippen LogP contribution in [0.5, 0.6) is 0 Å². The number of nitro groups is 1. The fourth-order valence-corrected chi connectivity index (χ4v) is 6.31. The molecule has 0 bridgehead atoms. The van der Waals surface area contributed by atoms with Gasteiger partial charge in [-0.2, -0.15) is 4.31 Å². The third-order valence-electron chi connectivity index (χ3n) is 5.09. The smallest absolute Gasteiger partial charge is 0.258 e. The van der Waals surface area contributed by atoms with Gasteiger partial charge in [0.15, 0.2) is 0 Å². The van der Waals surface area contributed by atoms with Gasteiger partial charge in [0.1, 0.15) is 0 Å². The fraction of sp³-hybridized carbons (Fsp3) is 0.389. The van der Waals surface area contributed by atoms with Crippen LogP contribution >= 0.6 is 23.1 Å². The van der Waals surface area contributed by atoms with Gasteiger partial charge in [-0.1, -0.05) is 13.0 Å². The molecule has 3 heterocycles. The molecule has 10 nitrogen and oxygen atoms in total. The fourth-order valence-electron chi connectivity index (χ4n) is 3.28. The third-order valence-corrected chi connectivity index (χ3v) is 8.89. The predicted molar refractivity (Wildman–Crippen MR) is 116 cm³/mol. The molecule has 1 aromatic carbocycles. The van der Waals surface area contributed by atoms with Crippen LogP contribution in [0.1, 0.15) is 24.6 Å². The number of rotatable bonds is 7. The zero-order valence-corrected chi connectivity index (χ0v) is 19.1. The van der Waals surface area contributed by atoms with Crippen LogP contribution < -0.4 is 0 Å². The summed E-state index contributed by atoms with van der Waals surface area (Å²) in [5.74, 6) is 0.472. The molecule has 0 N–H and O–H groups in total. The molecular weight excluding hydrogens is 460 g/mol. The van der Waals surface area contributed by atoms with Crippen molar-refractivity contribution in [1.82, 2.24) is 24.5 Å². The van der Waals surface area contributed by atoms with E-state index in [1.807, 2.05) is 17.5 Å². The van der Waals surface area contributed by atoms with Gasteiger partial charge in [-0.25, -0.2) is 13.1 Å². The van der Waals surface area contributed by atoms with E-state index in [0.29, 0.717) is 30.7 Å². The summed E-state index contributed by atoms with van der Waals surface area (Å²) in [6.45, 7) is 3.38. The van der Waals surface area contributed by atoms with Gasteiger partial charge in [-0.3, -0.25) is 10.1 Å². The predicted octanol–water partition coefficient (Wildman–Crippen LogP) is 3.26. The summed E-state index contributed by atoms with van der Waals surface area (Å²) in [4.78, 5) is 12.4. The van der Waals surface area contributed by atoms with Gasteiger partial charge in [-0.05, 0) is 64.5 Å². The molecule has 1 fully saturated rings. The van der Waals surface area contributed by atoms with Crippen molar-refractivity contribution in [1.29, 1.82) is 0 Å². The minimum absolute atomic E-state index is 0.0729. The Morgan fingerprint density at radius 2 is 2.06 bits per heavy atom. The number of nitrogens with zero attached hydrogens (tertiary/aromatic N) is 6. The van der Waals surface area contributed by atoms with E-state index in [1.54, 1.807) is 16.0 Å². The lowest BCUT2D eigenvalue weighted by Crippen LogP contribution is -2.37. The van der Waals surface area contributed by atoms with E-state index in [2.05, 4.69) is 22.4 Å². The Morgan fingerprint density at radius 1 is 1.29 bits per heavy atom. The number of sulfonamides is 1. The highest BCUT2D eigenvalue weighted by molar-refractivity contribution is 7.99. The number of tetrazole rings is 1. The second-order valence-corrected chi connectivity index (χ2v) is 11.3. The van der Waals surface area contributed by atoms with Crippen LogP contribution in [0.15, 0.2) is 50.7 Å². The number of hydrogen-bond donors (Lipinski definition) is 0. The lowest BCUT2D eigenvalue weighted by Gasteiger charge is -2.29. The van der Waals surface area contributed by atoms with E-state index in [1.165, 1.54) is 16.4 Å². The van der Waals surface area contributed by atoms with Crippen molar-refractivity contribution < 1.29 is 13.3 Å². The number of hydrogen-bond acceptors (Lipinski definition) is 9. The number of benzene rings is 1. The minimum Gasteiger partial charge on any atom is -0.258 e. The lowest BCUT2D eigenvalue weighted by molar-refractivity contribution is -0.388. The van der Waals surface area contributed by atoms with E-state index >= 15 is 0 Å². The standard InChI is InChI=1S/C18H20N6O4S3/c1-13-6-8-22(9-7-13)31(27,28)15-4-5-17(16(11-15)24(25)26)30-18-19-20-21-23(18)12-14-3-2-10-29-14/h2-5,10-11,13H,6-9,12H2,1H3. The second kappa shape index (κ2) is 9.02. The van der Waals surface area contributed by atoms with E-state index < -0.39 is 14.9 Å². The van der Waals surface area contributed by atoms with Crippen molar-refractivity contribution >= 4 is 38.8 Å². The SMILES string of the molecule is CC1CCN(S(=O)(=O)c2ccc(Sc3nnnn3Cc3cccs3)c([N+](=O)[O-])c2)CC1. The molecule has 0 unspecified atom stereocenters. The van der Waals surface area contributed by atoms with E-state index in [0.717, 1.165) is 35.5 Å². The Morgan fingerprint density at radius 3 is 2.74 bits per heavy atom. The van der Waals surface area contributed by atoms with E-state index in [4.69, 9.17) is 0 Å². The van der Waals surface area contributed by atoms with Gasteiger partial charge in [-0.15, -0.1) is 16.4 Å². The van der Waals surface area contributed by atoms with Crippen molar-refractivity contribution in [3.05, 3.63) is 50.7 Å². The van der Waals surface area contributed by atoms with Gasteiger partial charge in [0.2, 0.25) is 15.2 Å². The topological polar surface area (TPSA) is 124 Å². The van der Waals surface area contributed by atoms with Crippen LogP contribution in [-0.4, -0.2) is 50.9 Å². The molecule has 4 rings (SSSR count). The highest BCUT2D eigenvalue weighted by atomic mass is 32.2. The van der Waals surface area contributed by atoms with Crippen LogP contribution in [0.25, 0.3) is 0 Å². The van der Waals surface area contributed by atoms with Crippen molar-refractivity contribution in [3.8, 4) is 0 Å². The van der Waals surface area contributed by atoms with Crippen LogP contribution in [0.3, 0.4) is 0 Å². The Labute approximate surface area is 187 Å². The molecule has 1 aliphatic rings. The molecule has 164 valence electrons. The van der Waals surface area contributed by atoms with Crippen LogP contribution in [0.4, 0.5) is 5.69 Å². The first-order valence-corrected chi connectivity index (χ1v) is 12.7. The summed E-state index contributed by atoms with van der Waals surface area (Å²) in [6.07, 6.45) is 1.56. The average molecular weight is 481 g/mol. The lowest BCUT2D eigenvalue weighted by atomic mass is 10.0. The second-order valence-electron chi connectivity index (χ2n) is 7.27. The summed E-state index contributed by atoms with van der Waals surface area (Å²) < 4.78 is 28.9. The summed E-state index contributed by atoms with van der Waals surface area (Å²) in [5, 5.41) is 25.6. The van der Waals surface area contributed by atoms with Crippen molar-refractivity contribution in [2.45, 2.75) is 41.3 Å². The molecule has 0 spiro atoms. The average Bonchev–Trinajstić information content (AvgIpc) is 3.41.